The lowest BCUT2D eigenvalue weighted by atomic mass is 10.1. The molecule has 24 heavy (non-hydrogen) atoms. The molecule has 0 aliphatic carbocycles. The lowest BCUT2D eigenvalue weighted by molar-refractivity contribution is 0.348. The Morgan fingerprint density at radius 2 is 1.54 bits per heavy atom. The first-order valence-electron chi connectivity index (χ1n) is 7.74. The second kappa shape index (κ2) is 8.50. The monoisotopic (exact) mass is 342 g/mol. The first kappa shape index (κ1) is 18.0. The highest BCUT2D eigenvalue weighted by molar-refractivity contribution is 7.81. The van der Waals surface area contributed by atoms with E-state index >= 15 is 0 Å². The second-order valence-electron chi connectivity index (χ2n) is 5.17. The minimum atomic E-state index is 0.622. The van der Waals surface area contributed by atoms with Crippen molar-refractivity contribution in [2.75, 3.05) is 21.3 Å². The van der Waals surface area contributed by atoms with Crippen LogP contribution in [0.5, 0.6) is 17.2 Å². The summed E-state index contributed by atoms with van der Waals surface area (Å²) in [6.07, 6.45) is 4.80. The van der Waals surface area contributed by atoms with Gasteiger partial charge in [-0.2, -0.15) is 0 Å². The van der Waals surface area contributed by atoms with Crippen LogP contribution in [0.25, 0.3) is 6.08 Å². The van der Waals surface area contributed by atoms with Crippen molar-refractivity contribution in [1.82, 2.24) is 0 Å². The Balaban J connectivity index is 2.34. The zero-order valence-corrected chi connectivity index (χ0v) is 15.3. The summed E-state index contributed by atoms with van der Waals surface area (Å²) in [5, 5.41) is 0. The van der Waals surface area contributed by atoms with Crippen LogP contribution in [0, 0.1) is 0 Å². The zero-order valence-electron chi connectivity index (χ0n) is 14.5. The van der Waals surface area contributed by atoms with Crippen LogP contribution in [0.1, 0.15) is 23.6 Å². The Kier molecular flexibility index (Phi) is 6.38. The lowest BCUT2D eigenvalue weighted by Crippen LogP contribution is -1.97. The van der Waals surface area contributed by atoms with E-state index in [1.54, 1.807) is 21.3 Å². The summed E-state index contributed by atoms with van der Waals surface area (Å²) in [5.41, 5.74) is 3.10. The van der Waals surface area contributed by atoms with Gasteiger partial charge in [0, 0.05) is 4.86 Å². The molecule has 0 saturated heterocycles. The minimum absolute atomic E-state index is 0.622. The fourth-order valence-electron chi connectivity index (χ4n) is 2.43. The molecule has 0 aliphatic heterocycles. The molecule has 126 valence electrons. The predicted molar refractivity (Wildman–Crippen MR) is 103 cm³/mol. The molecule has 0 aliphatic rings. The van der Waals surface area contributed by atoms with Crippen LogP contribution >= 0.6 is 12.2 Å². The van der Waals surface area contributed by atoms with Gasteiger partial charge in [0.15, 0.2) is 11.5 Å². The van der Waals surface area contributed by atoms with E-state index in [1.807, 2.05) is 36.4 Å². The fourth-order valence-corrected chi connectivity index (χ4v) is 2.63. The number of allylic oxidation sites excluding steroid dienone is 1. The Morgan fingerprint density at radius 1 is 0.917 bits per heavy atom. The quantitative estimate of drug-likeness (QED) is 0.414. The molecule has 0 fully saturated rings. The molecular formula is C20H22O3S. The number of methoxy groups -OCH3 is 3. The Bertz CT molecular complexity index is 733. The highest BCUT2D eigenvalue weighted by Gasteiger charge is 2.13. The second-order valence-corrected chi connectivity index (χ2v) is 5.60. The van der Waals surface area contributed by atoms with Crippen molar-refractivity contribution in [3.8, 4) is 17.2 Å². The first-order valence-corrected chi connectivity index (χ1v) is 8.15. The van der Waals surface area contributed by atoms with Gasteiger partial charge in [0.25, 0.3) is 0 Å². The molecule has 0 bridgehead atoms. The molecule has 0 spiro atoms. The molecule has 0 heterocycles. The highest BCUT2D eigenvalue weighted by atomic mass is 32.1. The van der Waals surface area contributed by atoms with Gasteiger partial charge in [0.1, 0.15) is 5.75 Å². The van der Waals surface area contributed by atoms with E-state index < -0.39 is 0 Å². The summed E-state index contributed by atoms with van der Waals surface area (Å²) in [4.78, 5) is 0.754. The summed E-state index contributed by atoms with van der Waals surface area (Å²) in [7, 11) is 4.84. The Morgan fingerprint density at radius 3 is 2.08 bits per heavy atom. The van der Waals surface area contributed by atoms with Crippen LogP contribution in [0.3, 0.4) is 0 Å². The molecule has 2 aromatic rings. The molecule has 0 radical (unpaired) electrons. The average Bonchev–Trinajstić information content (AvgIpc) is 2.65. The largest absolute Gasteiger partial charge is 0.496 e. The van der Waals surface area contributed by atoms with Crippen LogP contribution in [-0.2, 0) is 6.42 Å². The maximum atomic E-state index is 5.52. The number of aryl methyl sites for hydroxylation is 1. The number of hydrogen-bond acceptors (Lipinski definition) is 4. The molecule has 4 heteroatoms. The van der Waals surface area contributed by atoms with Gasteiger partial charge in [-0.25, -0.2) is 0 Å². The van der Waals surface area contributed by atoms with E-state index in [-0.39, 0.29) is 0 Å². The minimum Gasteiger partial charge on any atom is -0.496 e. The SMILES string of the molecule is CCc1ccc(C(=S)C=Cc2c(OC)ccc(OC)c2OC)cc1. The van der Waals surface area contributed by atoms with E-state index in [0.29, 0.717) is 17.2 Å². The molecule has 0 saturated carbocycles. The van der Waals surface area contributed by atoms with Gasteiger partial charge < -0.3 is 14.2 Å². The smallest absolute Gasteiger partial charge is 0.171 e. The van der Waals surface area contributed by atoms with Crippen molar-refractivity contribution in [1.29, 1.82) is 0 Å². The van der Waals surface area contributed by atoms with E-state index in [9.17, 15) is 0 Å². The third-order valence-electron chi connectivity index (χ3n) is 3.81. The summed E-state index contributed by atoms with van der Waals surface area (Å²) >= 11 is 5.52. The molecule has 3 nitrogen and oxygen atoms in total. The van der Waals surface area contributed by atoms with Crippen LogP contribution in [0.2, 0.25) is 0 Å². The summed E-state index contributed by atoms with van der Waals surface area (Å²) < 4.78 is 16.3. The average molecular weight is 342 g/mol. The van der Waals surface area contributed by atoms with Crippen molar-refractivity contribution in [2.45, 2.75) is 13.3 Å². The number of rotatable bonds is 7. The number of benzene rings is 2. The maximum Gasteiger partial charge on any atom is 0.171 e. The molecule has 0 aromatic heterocycles. The van der Waals surface area contributed by atoms with Gasteiger partial charge in [-0.3, -0.25) is 0 Å². The highest BCUT2D eigenvalue weighted by Crippen LogP contribution is 2.38. The Hall–Kier alpha value is -2.33. The van der Waals surface area contributed by atoms with Crippen molar-refractivity contribution in [3.05, 3.63) is 59.2 Å². The molecule has 2 rings (SSSR count). The van der Waals surface area contributed by atoms with Gasteiger partial charge in [-0.05, 0) is 41.8 Å². The van der Waals surface area contributed by atoms with E-state index in [4.69, 9.17) is 26.4 Å². The van der Waals surface area contributed by atoms with E-state index in [2.05, 4.69) is 19.1 Å². The summed E-state index contributed by atoms with van der Waals surface area (Å²) in [6, 6.07) is 12.0. The van der Waals surface area contributed by atoms with Gasteiger partial charge in [0.05, 0.1) is 26.9 Å². The molecule has 0 atom stereocenters. The first-order chi connectivity index (χ1) is 11.6. The van der Waals surface area contributed by atoms with Crippen LogP contribution in [-0.4, -0.2) is 26.2 Å². The van der Waals surface area contributed by atoms with E-state index in [1.165, 1.54) is 5.56 Å². The van der Waals surface area contributed by atoms with Crippen molar-refractivity contribution in [3.63, 3.8) is 0 Å². The van der Waals surface area contributed by atoms with Crippen molar-refractivity contribution in [2.24, 2.45) is 0 Å². The molecule has 0 unspecified atom stereocenters. The number of thiocarbonyl (C=S) groups is 1. The molecular weight excluding hydrogens is 320 g/mol. The number of ether oxygens (including phenoxy) is 3. The van der Waals surface area contributed by atoms with Gasteiger partial charge in [-0.15, -0.1) is 0 Å². The normalized spacial score (nSPS) is 10.7. The lowest BCUT2D eigenvalue weighted by Gasteiger charge is -2.13. The van der Waals surface area contributed by atoms with Gasteiger partial charge >= 0.3 is 0 Å². The van der Waals surface area contributed by atoms with Gasteiger partial charge in [0.2, 0.25) is 0 Å². The fraction of sp³-hybridized carbons (Fsp3) is 0.250. The predicted octanol–water partition coefficient (Wildman–Crippen LogP) is 4.71. The standard InChI is InChI=1S/C20H22O3S/c1-5-14-6-8-15(9-7-14)19(24)13-10-16-17(21-2)11-12-18(22-3)20(16)23-4/h6-13H,5H2,1-4H3. The molecule has 0 amide bonds. The van der Waals surface area contributed by atoms with Crippen LogP contribution in [0.15, 0.2) is 42.5 Å². The molecule has 2 aromatic carbocycles. The molecule has 0 N–H and O–H groups in total. The number of hydrogen-bond donors (Lipinski definition) is 0. The zero-order chi connectivity index (χ0) is 17.5. The van der Waals surface area contributed by atoms with Crippen molar-refractivity contribution < 1.29 is 14.2 Å². The van der Waals surface area contributed by atoms with Crippen molar-refractivity contribution >= 4 is 23.2 Å². The van der Waals surface area contributed by atoms with E-state index in [0.717, 1.165) is 22.4 Å². The third kappa shape index (κ3) is 3.95. The van der Waals surface area contributed by atoms with Crippen LogP contribution < -0.4 is 14.2 Å². The van der Waals surface area contributed by atoms with Crippen LogP contribution in [0.4, 0.5) is 0 Å². The maximum absolute atomic E-state index is 5.52. The third-order valence-corrected chi connectivity index (χ3v) is 4.18. The Labute approximate surface area is 148 Å². The topological polar surface area (TPSA) is 27.7 Å². The van der Waals surface area contributed by atoms with Gasteiger partial charge in [-0.1, -0.05) is 43.4 Å². The summed E-state index contributed by atoms with van der Waals surface area (Å²) in [6.45, 7) is 2.13. The summed E-state index contributed by atoms with van der Waals surface area (Å²) in [5.74, 6) is 1.97.